The van der Waals surface area contributed by atoms with Gasteiger partial charge in [-0.3, -0.25) is 4.79 Å². The summed E-state index contributed by atoms with van der Waals surface area (Å²) < 4.78 is 10.6. The van der Waals surface area contributed by atoms with Crippen molar-refractivity contribution in [2.24, 2.45) is 23.2 Å². The Labute approximate surface area is 126 Å². The van der Waals surface area contributed by atoms with Gasteiger partial charge in [0.1, 0.15) is 19.5 Å². The molecule has 4 bridgehead atoms. The fraction of sp³-hybridized carbons (Fsp3) is 0.824. The van der Waals surface area contributed by atoms with E-state index < -0.39 is 0 Å². The second kappa shape index (κ2) is 4.92. The van der Waals surface area contributed by atoms with Crippen LogP contribution in [0.4, 0.5) is 0 Å². The number of hydrogen-bond acceptors (Lipinski definition) is 3. The lowest BCUT2D eigenvalue weighted by Gasteiger charge is -2.59. The van der Waals surface area contributed by atoms with Gasteiger partial charge in [-0.2, -0.15) is 0 Å². The fourth-order valence-corrected chi connectivity index (χ4v) is 5.62. The highest BCUT2D eigenvalue weighted by molar-refractivity contribution is 5.91. The molecule has 0 aromatic rings. The summed E-state index contributed by atoms with van der Waals surface area (Å²) in [6.07, 6.45) is 9.65. The van der Waals surface area contributed by atoms with Crippen LogP contribution in [0.3, 0.4) is 0 Å². The Morgan fingerprint density at radius 2 is 1.81 bits per heavy atom. The van der Waals surface area contributed by atoms with Crippen LogP contribution >= 0.6 is 0 Å². The van der Waals surface area contributed by atoms with E-state index in [1.54, 1.807) is 0 Å². The standard InChI is InChI=1S/C17H25NO3/c1-11(18-16(19)15-10-20-2-3-21-15)17-7-12-4-13(8-17)6-14(5-12)9-17/h10-14H,2-9H2,1H3,(H,18,19)/t11-,12?,13?,14?,17?/m1/s1. The Morgan fingerprint density at radius 3 is 2.33 bits per heavy atom. The van der Waals surface area contributed by atoms with Crippen LogP contribution in [0, 0.1) is 23.2 Å². The largest absolute Gasteiger partial charge is 0.494 e. The van der Waals surface area contributed by atoms with Gasteiger partial charge >= 0.3 is 0 Å². The summed E-state index contributed by atoms with van der Waals surface area (Å²) >= 11 is 0. The van der Waals surface area contributed by atoms with E-state index in [2.05, 4.69) is 12.2 Å². The molecule has 4 saturated carbocycles. The Bertz CT molecular complexity index is 435. The molecule has 1 amide bonds. The minimum Gasteiger partial charge on any atom is -0.494 e. The van der Waals surface area contributed by atoms with Crippen molar-refractivity contribution in [1.29, 1.82) is 0 Å². The number of nitrogens with one attached hydrogen (secondary N) is 1. The number of hydrogen-bond donors (Lipinski definition) is 1. The van der Waals surface area contributed by atoms with Crippen molar-refractivity contribution in [2.75, 3.05) is 13.2 Å². The van der Waals surface area contributed by atoms with Gasteiger partial charge in [-0.15, -0.1) is 0 Å². The van der Waals surface area contributed by atoms with E-state index in [4.69, 9.17) is 9.47 Å². The molecule has 0 aromatic heterocycles. The van der Waals surface area contributed by atoms with Crippen molar-refractivity contribution in [3.8, 4) is 0 Å². The van der Waals surface area contributed by atoms with Crippen LogP contribution in [0.5, 0.6) is 0 Å². The van der Waals surface area contributed by atoms with Crippen LogP contribution in [0.25, 0.3) is 0 Å². The smallest absolute Gasteiger partial charge is 0.289 e. The monoisotopic (exact) mass is 291 g/mol. The number of carbonyl (C=O) groups is 1. The maximum absolute atomic E-state index is 12.3. The third kappa shape index (κ3) is 2.33. The molecule has 1 aliphatic heterocycles. The van der Waals surface area contributed by atoms with Gasteiger partial charge in [0.25, 0.3) is 5.91 Å². The first-order valence-electron chi connectivity index (χ1n) is 8.40. The van der Waals surface area contributed by atoms with Crippen molar-refractivity contribution in [2.45, 2.75) is 51.5 Å². The van der Waals surface area contributed by atoms with Crippen molar-refractivity contribution in [1.82, 2.24) is 5.32 Å². The van der Waals surface area contributed by atoms with Crippen LogP contribution < -0.4 is 5.32 Å². The van der Waals surface area contributed by atoms with Crippen LogP contribution in [0.1, 0.15) is 45.4 Å². The zero-order valence-corrected chi connectivity index (χ0v) is 12.8. The van der Waals surface area contributed by atoms with E-state index in [-0.39, 0.29) is 11.9 Å². The SMILES string of the molecule is C[C@@H](NC(=O)C1=COCCO1)C12CC3CC(CC(C3)C1)C2. The molecule has 4 aliphatic carbocycles. The third-order valence-electron chi connectivity index (χ3n) is 6.22. The number of ether oxygens (including phenoxy) is 2. The van der Waals surface area contributed by atoms with Gasteiger partial charge in [0.2, 0.25) is 5.76 Å². The summed E-state index contributed by atoms with van der Waals surface area (Å²) in [6, 6.07) is 0.227. The van der Waals surface area contributed by atoms with Crippen LogP contribution in [-0.4, -0.2) is 25.2 Å². The molecule has 4 nitrogen and oxygen atoms in total. The third-order valence-corrected chi connectivity index (χ3v) is 6.22. The zero-order chi connectivity index (χ0) is 14.4. The maximum atomic E-state index is 12.3. The number of rotatable bonds is 3. The fourth-order valence-electron chi connectivity index (χ4n) is 5.62. The first-order valence-corrected chi connectivity index (χ1v) is 8.40. The Kier molecular flexibility index (Phi) is 3.16. The van der Waals surface area contributed by atoms with E-state index in [0.29, 0.717) is 24.4 Å². The summed E-state index contributed by atoms with van der Waals surface area (Å²) in [5, 5.41) is 3.19. The zero-order valence-electron chi connectivity index (χ0n) is 12.8. The Morgan fingerprint density at radius 1 is 1.19 bits per heavy atom. The van der Waals surface area contributed by atoms with E-state index in [9.17, 15) is 4.79 Å². The highest BCUT2D eigenvalue weighted by atomic mass is 16.6. The lowest BCUT2D eigenvalue weighted by molar-refractivity contribution is -0.127. The molecule has 21 heavy (non-hydrogen) atoms. The summed E-state index contributed by atoms with van der Waals surface area (Å²) in [5.74, 6) is 2.94. The summed E-state index contributed by atoms with van der Waals surface area (Å²) in [7, 11) is 0. The van der Waals surface area contributed by atoms with Gasteiger partial charge in [-0.25, -0.2) is 0 Å². The molecule has 0 aromatic carbocycles. The molecule has 4 fully saturated rings. The highest BCUT2D eigenvalue weighted by Crippen LogP contribution is 2.61. The van der Waals surface area contributed by atoms with Gasteiger partial charge in [-0.1, -0.05) is 0 Å². The van der Waals surface area contributed by atoms with Crippen LogP contribution in [-0.2, 0) is 14.3 Å². The van der Waals surface area contributed by atoms with Gasteiger partial charge in [-0.05, 0) is 68.6 Å². The molecule has 4 heteroatoms. The molecule has 1 atom stereocenters. The van der Waals surface area contributed by atoms with E-state index in [1.807, 2.05) is 0 Å². The Balaban J connectivity index is 1.46. The normalized spacial score (nSPS) is 41.8. The van der Waals surface area contributed by atoms with Crippen LogP contribution in [0.15, 0.2) is 12.0 Å². The minimum atomic E-state index is -0.113. The van der Waals surface area contributed by atoms with Crippen molar-refractivity contribution in [3.05, 3.63) is 12.0 Å². The predicted molar refractivity (Wildman–Crippen MR) is 78.2 cm³/mol. The van der Waals surface area contributed by atoms with Gasteiger partial charge in [0, 0.05) is 6.04 Å². The van der Waals surface area contributed by atoms with E-state index in [1.165, 1.54) is 44.8 Å². The second-order valence-corrected chi connectivity index (χ2v) is 7.68. The average Bonchev–Trinajstić information content (AvgIpc) is 2.46. The lowest BCUT2D eigenvalue weighted by Crippen LogP contribution is -2.56. The lowest BCUT2D eigenvalue weighted by atomic mass is 9.48. The second-order valence-electron chi connectivity index (χ2n) is 7.68. The quantitative estimate of drug-likeness (QED) is 0.869. The molecule has 0 saturated heterocycles. The van der Waals surface area contributed by atoms with E-state index in [0.717, 1.165) is 17.8 Å². The summed E-state index contributed by atoms with van der Waals surface area (Å²) in [6.45, 7) is 3.18. The molecule has 0 radical (unpaired) electrons. The molecule has 1 heterocycles. The number of amides is 1. The molecule has 0 unspecified atom stereocenters. The van der Waals surface area contributed by atoms with E-state index >= 15 is 0 Å². The van der Waals surface area contributed by atoms with Gasteiger partial charge in [0.05, 0.1) is 0 Å². The molecule has 1 N–H and O–H groups in total. The van der Waals surface area contributed by atoms with Gasteiger partial charge in [0.15, 0.2) is 0 Å². The molecule has 5 aliphatic rings. The molecule has 0 spiro atoms. The first kappa shape index (κ1) is 13.5. The Hall–Kier alpha value is -1.19. The molecule has 5 rings (SSSR count). The van der Waals surface area contributed by atoms with Gasteiger partial charge < -0.3 is 14.8 Å². The average molecular weight is 291 g/mol. The predicted octanol–water partition coefficient (Wildman–Crippen LogP) is 2.60. The topological polar surface area (TPSA) is 47.6 Å². The molecular weight excluding hydrogens is 266 g/mol. The van der Waals surface area contributed by atoms with Crippen LogP contribution in [0.2, 0.25) is 0 Å². The summed E-state index contributed by atoms with van der Waals surface area (Å²) in [4.78, 5) is 12.3. The maximum Gasteiger partial charge on any atom is 0.289 e. The highest BCUT2D eigenvalue weighted by Gasteiger charge is 2.53. The summed E-state index contributed by atoms with van der Waals surface area (Å²) in [5.41, 5.74) is 0.334. The minimum absolute atomic E-state index is 0.113. The first-order chi connectivity index (χ1) is 10.1. The van der Waals surface area contributed by atoms with Crippen molar-refractivity contribution >= 4 is 5.91 Å². The van der Waals surface area contributed by atoms with Crippen molar-refractivity contribution < 1.29 is 14.3 Å². The number of carbonyl (C=O) groups excluding carboxylic acids is 1. The molecular formula is C17H25NO3. The molecule has 116 valence electrons. The van der Waals surface area contributed by atoms with Crippen molar-refractivity contribution in [3.63, 3.8) is 0 Å².